The number of hydrogen-bond acceptors (Lipinski definition) is 5. The van der Waals surface area contributed by atoms with Crippen molar-refractivity contribution in [3.8, 4) is 0 Å². The molecule has 3 unspecified atom stereocenters. The minimum absolute atomic E-state index is 0.268. The van der Waals surface area contributed by atoms with E-state index in [0.29, 0.717) is 6.04 Å². The third-order valence-corrected chi connectivity index (χ3v) is 4.64. The lowest BCUT2D eigenvalue weighted by atomic mass is 9.85. The number of aromatic nitrogens is 2. The maximum absolute atomic E-state index is 5.47. The molecule has 106 valence electrons. The average Bonchev–Trinajstić information content (AvgIpc) is 3.06. The van der Waals surface area contributed by atoms with Gasteiger partial charge in [0.1, 0.15) is 0 Å². The van der Waals surface area contributed by atoms with E-state index in [2.05, 4.69) is 34.2 Å². The molecule has 1 N–H and O–H groups in total. The molecule has 5 heteroatoms. The van der Waals surface area contributed by atoms with Gasteiger partial charge in [0.15, 0.2) is 0 Å². The summed E-state index contributed by atoms with van der Waals surface area (Å²) in [5, 5.41) is 7.80. The molecule has 1 saturated carbocycles. The van der Waals surface area contributed by atoms with Crippen molar-refractivity contribution >= 4 is 5.95 Å². The van der Waals surface area contributed by atoms with Crippen molar-refractivity contribution in [1.82, 2.24) is 15.5 Å². The Morgan fingerprint density at radius 1 is 1.26 bits per heavy atom. The van der Waals surface area contributed by atoms with E-state index in [1.54, 1.807) is 0 Å². The highest BCUT2D eigenvalue weighted by Gasteiger charge is 2.38. The van der Waals surface area contributed by atoms with Crippen molar-refractivity contribution in [2.45, 2.75) is 58.0 Å². The fourth-order valence-electron chi connectivity index (χ4n) is 3.51. The summed E-state index contributed by atoms with van der Waals surface area (Å²) in [6.07, 6.45) is 6.55. The molecular weight excluding hydrogens is 240 g/mol. The van der Waals surface area contributed by atoms with E-state index in [-0.39, 0.29) is 6.04 Å². The van der Waals surface area contributed by atoms with E-state index >= 15 is 0 Å². The summed E-state index contributed by atoms with van der Waals surface area (Å²) in [7, 11) is 0. The van der Waals surface area contributed by atoms with Crippen molar-refractivity contribution in [2.24, 2.45) is 5.92 Å². The van der Waals surface area contributed by atoms with Gasteiger partial charge in [-0.2, -0.15) is 4.98 Å². The number of anilines is 1. The molecule has 1 aromatic heterocycles. The van der Waals surface area contributed by atoms with E-state index in [9.17, 15) is 0 Å². The van der Waals surface area contributed by atoms with Gasteiger partial charge < -0.3 is 14.7 Å². The van der Waals surface area contributed by atoms with Gasteiger partial charge in [-0.3, -0.25) is 0 Å². The first kappa shape index (κ1) is 12.9. The Morgan fingerprint density at radius 2 is 2.05 bits per heavy atom. The van der Waals surface area contributed by atoms with Crippen molar-refractivity contribution in [3.63, 3.8) is 0 Å². The van der Waals surface area contributed by atoms with E-state index < -0.39 is 0 Å². The summed E-state index contributed by atoms with van der Waals surface area (Å²) < 4.78 is 5.47. The Bertz CT molecular complexity index is 401. The second-order valence-electron chi connectivity index (χ2n) is 5.71. The van der Waals surface area contributed by atoms with Gasteiger partial charge in [-0.15, -0.1) is 0 Å². The summed E-state index contributed by atoms with van der Waals surface area (Å²) in [6, 6.07) is 0.937. The van der Waals surface area contributed by atoms with E-state index in [1.807, 2.05) is 0 Å². The molecule has 1 aliphatic carbocycles. The zero-order chi connectivity index (χ0) is 13.2. The highest BCUT2D eigenvalue weighted by atomic mass is 16.5. The minimum atomic E-state index is 0.268. The van der Waals surface area contributed by atoms with Gasteiger partial charge >= 0.3 is 0 Å². The molecule has 0 aromatic carbocycles. The molecule has 3 atom stereocenters. The van der Waals surface area contributed by atoms with Gasteiger partial charge in [-0.1, -0.05) is 12.8 Å². The zero-order valence-electron chi connectivity index (χ0n) is 11.9. The zero-order valence-corrected chi connectivity index (χ0v) is 11.9. The van der Waals surface area contributed by atoms with Gasteiger partial charge in [0.2, 0.25) is 5.89 Å². The molecule has 0 spiro atoms. The summed E-state index contributed by atoms with van der Waals surface area (Å²) in [6.45, 7) is 6.06. The first-order valence-electron chi connectivity index (χ1n) is 7.66. The third-order valence-electron chi connectivity index (χ3n) is 4.64. The average molecular weight is 264 g/mol. The molecule has 0 bridgehead atoms. The lowest BCUT2D eigenvalue weighted by Gasteiger charge is -2.24. The van der Waals surface area contributed by atoms with Gasteiger partial charge in [0, 0.05) is 19.1 Å². The molecule has 5 nitrogen and oxygen atoms in total. The lowest BCUT2D eigenvalue weighted by molar-refractivity contribution is 0.324. The van der Waals surface area contributed by atoms with Crippen LogP contribution in [0.2, 0.25) is 0 Å². The van der Waals surface area contributed by atoms with Crippen LogP contribution in [0.5, 0.6) is 0 Å². The standard InChI is InChI=1S/C14H24N4O/c1-3-18(4-2)14-16-13(19-17-14)12-9-10-7-5-6-8-11(10)15-12/h10-12,15H,3-9H2,1-2H3. The molecule has 19 heavy (non-hydrogen) atoms. The molecular formula is C14H24N4O. The van der Waals surface area contributed by atoms with Gasteiger partial charge in [0.25, 0.3) is 5.95 Å². The number of nitrogens with zero attached hydrogens (tertiary/aromatic N) is 3. The van der Waals surface area contributed by atoms with Crippen LogP contribution in [0.3, 0.4) is 0 Å². The summed E-state index contributed by atoms with van der Waals surface area (Å²) >= 11 is 0. The van der Waals surface area contributed by atoms with E-state index in [4.69, 9.17) is 4.52 Å². The van der Waals surface area contributed by atoms with Crippen LogP contribution < -0.4 is 10.2 Å². The second kappa shape index (κ2) is 5.49. The third kappa shape index (κ3) is 2.48. The number of hydrogen-bond donors (Lipinski definition) is 1. The van der Waals surface area contributed by atoms with Crippen molar-refractivity contribution < 1.29 is 4.52 Å². The summed E-state index contributed by atoms with van der Waals surface area (Å²) in [4.78, 5) is 6.70. The summed E-state index contributed by atoms with van der Waals surface area (Å²) in [5.41, 5.74) is 0. The van der Waals surface area contributed by atoms with Crippen LogP contribution in [0, 0.1) is 5.92 Å². The Kier molecular flexibility index (Phi) is 3.73. The van der Waals surface area contributed by atoms with Crippen LogP contribution in [0.15, 0.2) is 4.52 Å². The first-order valence-corrected chi connectivity index (χ1v) is 7.66. The summed E-state index contributed by atoms with van der Waals surface area (Å²) in [5.74, 6) is 2.32. The molecule has 0 amide bonds. The molecule has 0 radical (unpaired) electrons. The van der Waals surface area contributed by atoms with Gasteiger partial charge in [-0.05, 0) is 44.2 Å². The molecule has 1 saturated heterocycles. The monoisotopic (exact) mass is 264 g/mol. The Balaban J connectivity index is 1.69. The minimum Gasteiger partial charge on any atom is -0.339 e. The molecule has 2 fully saturated rings. The Hall–Kier alpha value is -1.10. The lowest BCUT2D eigenvalue weighted by Crippen LogP contribution is -2.30. The number of fused-ring (bicyclic) bond motifs is 1. The van der Waals surface area contributed by atoms with Crippen molar-refractivity contribution in [2.75, 3.05) is 18.0 Å². The van der Waals surface area contributed by atoms with Crippen molar-refractivity contribution in [3.05, 3.63) is 5.89 Å². The largest absolute Gasteiger partial charge is 0.339 e. The van der Waals surface area contributed by atoms with Crippen LogP contribution in [-0.2, 0) is 0 Å². The fraction of sp³-hybridized carbons (Fsp3) is 0.857. The highest BCUT2D eigenvalue weighted by Crippen LogP contribution is 2.38. The van der Waals surface area contributed by atoms with Gasteiger partial charge in [-0.25, -0.2) is 0 Å². The predicted molar refractivity (Wildman–Crippen MR) is 74.1 cm³/mol. The SMILES string of the molecule is CCN(CC)c1noc(C2CC3CCCCC3N2)n1. The van der Waals surface area contributed by atoms with Crippen molar-refractivity contribution in [1.29, 1.82) is 0 Å². The molecule has 1 aliphatic heterocycles. The van der Waals surface area contributed by atoms with E-state index in [1.165, 1.54) is 25.7 Å². The molecule has 3 rings (SSSR count). The van der Waals surface area contributed by atoms with Crippen LogP contribution in [0.1, 0.15) is 57.9 Å². The maximum Gasteiger partial charge on any atom is 0.266 e. The maximum atomic E-state index is 5.47. The molecule has 2 heterocycles. The highest BCUT2D eigenvalue weighted by molar-refractivity contribution is 5.27. The smallest absolute Gasteiger partial charge is 0.266 e. The predicted octanol–water partition coefficient (Wildman–Crippen LogP) is 2.51. The van der Waals surface area contributed by atoms with Crippen LogP contribution in [0.25, 0.3) is 0 Å². The van der Waals surface area contributed by atoms with Crippen LogP contribution in [-0.4, -0.2) is 29.3 Å². The van der Waals surface area contributed by atoms with E-state index in [0.717, 1.165) is 37.3 Å². The quantitative estimate of drug-likeness (QED) is 0.905. The molecule has 1 aromatic rings. The second-order valence-corrected chi connectivity index (χ2v) is 5.71. The van der Waals surface area contributed by atoms with Crippen LogP contribution in [0.4, 0.5) is 5.95 Å². The first-order chi connectivity index (χ1) is 9.31. The topological polar surface area (TPSA) is 54.2 Å². The normalized spacial score (nSPS) is 30.3. The van der Waals surface area contributed by atoms with Gasteiger partial charge in [0.05, 0.1) is 6.04 Å². The Labute approximate surface area is 114 Å². The fourth-order valence-corrected chi connectivity index (χ4v) is 3.51. The molecule has 2 aliphatic rings. The number of rotatable bonds is 4. The Morgan fingerprint density at radius 3 is 2.79 bits per heavy atom. The number of nitrogens with one attached hydrogen (secondary N) is 1. The van der Waals surface area contributed by atoms with Crippen LogP contribution >= 0.6 is 0 Å².